The van der Waals surface area contributed by atoms with Crippen molar-refractivity contribution in [3.8, 4) is 0 Å². The van der Waals surface area contributed by atoms with E-state index >= 15 is 0 Å². The molecule has 0 unspecified atom stereocenters. The van der Waals surface area contributed by atoms with Crippen molar-refractivity contribution in [2.75, 3.05) is 10.6 Å². The molecule has 0 aliphatic heterocycles. The molecule has 102 valence electrons. The van der Waals surface area contributed by atoms with Gasteiger partial charge in [-0.1, -0.05) is 6.07 Å². The molecule has 0 fully saturated rings. The van der Waals surface area contributed by atoms with E-state index in [-0.39, 0.29) is 11.4 Å². The summed E-state index contributed by atoms with van der Waals surface area (Å²) in [7, 11) is 0. The van der Waals surface area contributed by atoms with Crippen LogP contribution in [0.5, 0.6) is 0 Å². The Hall–Kier alpha value is -2.47. The predicted octanol–water partition coefficient (Wildman–Crippen LogP) is 3.33. The number of carboxylic acids is 1. The summed E-state index contributed by atoms with van der Waals surface area (Å²) < 4.78 is 12.8. The average molecular weight is 290 g/mol. The van der Waals surface area contributed by atoms with Gasteiger partial charge in [-0.25, -0.2) is 9.18 Å². The molecule has 0 atom stereocenters. The summed E-state index contributed by atoms with van der Waals surface area (Å²) >= 11 is 5.10. The number of halogens is 1. The average Bonchev–Trinajstić information content (AvgIpc) is 2.41. The second kappa shape index (κ2) is 6.12. The number of carboxylic acid groups (broad SMARTS) is 1. The minimum Gasteiger partial charge on any atom is -0.478 e. The highest BCUT2D eigenvalue weighted by atomic mass is 32.1. The molecule has 0 heterocycles. The van der Waals surface area contributed by atoms with Crippen molar-refractivity contribution < 1.29 is 14.3 Å². The highest BCUT2D eigenvalue weighted by Gasteiger charge is 2.04. The van der Waals surface area contributed by atoms with Crippen LogP contribution in [-0.2, 0) is 0 Å². The third kappa shape index (κ3) is 3.76. The summed E-state index contributed by atoms with van der Waals surface area (Å²) in [5, 5.41) is 14.9. The lowest BCUT2D eigenvalue weighted by atomic mass is 10.2. The molecule has 20 heavy (non-hydrogen) atoms. The number of anilines is 2. The fraction of sp³-hybridized carbons (Fsp3) is 0. The molecule has 2 aromatic rings. The van der Waals surface area contributed by atoms with E-state index in [2.05, 4.69) is 10.6 Å². The summed E-state index contributed by atoms with van der Waals surface area (Å²) in [5.74, 6) is -1.34. The first-order valence-electron chi connectivity index (χ1n) is 5.71. The van der Waals surface area contributed by atoms with Crippen LogP contribution in [0.3, 0.4) is 0 Å². The van der Waals surface area contributed by atoms with Gasteiger partial charge in [0.1, 0.15) is 5.82 Å². The summed E-state index contributed by atoms with van der Waals surface area (Å²) in [5.41, 5.74) is 1.36. The van der Waals surface area contributed by atoms with Crippen molar-refractivity contribution in [2.24, 2.45) is 0 Å². The van der Waals surface area contributed by atoms with Crippen molar-refractivity contribution in [1.29, 1.82) is 0 Å². The zero-order chi connectivity index (χ0) is 14.5. The first kappa shape index (κ1) is 14.0. The largest absolute Gasteiger partial charge is 0.478 e. The highest BCUT2D eigenvalue weighted by molar-refractivity contribution is 7.80. The maximum atomic E-state index is 12.8. The minimum atomic E-state index is -1.01. The Morgan fingerprint density at radius 2 is 1.70 bits per heavy atom. The van der Waals surface area contributed by atoms with E-state index in [1.54, 1.807) is 24.3 Å². The smallest absolute Gasteiger partial charge is 0.335 e. The minimum absolute atomic E-state index is 0.166. The monoisotopic (exact) mass is 290 g/mol. The number of hydrogen-bond acceptors (Lipinski definition) is 2. The molecule has 0 saturated heterocycles. The van der Waals surface area contributed by atoms with Gasteiger partial charge < -0.3 is 15.7 Å². The third-order valence-corrected chi connectivity index (χ3v) is 2.67. The maximum Gasteiger partial charge on any atom is 0.335 e. The highest BCUT2D eigenvalue weighted by Crippen LogP contribution is 2.12. The third-order valence-electron chi connectivity index (χ3n) is 2.47. The second-order valence-corrected chi connectivity index (χ2v) is 4.38. The first-order valence-corrected chi connectivity index (χ1v) is 6.12. The van der Waals surface area contributed by atoms with Gasteiger partial charge in [0.05, 0.1) is 5.56 Å². The van der Waals surface area contributed by atoms with Crippen LogP contribution in [-0.4, -0.2) is 16.2 Å². The normalized spacial score (nSPS) is 9.85. The van der Waals surface area contributed by atoms with E-state index in [0.29, 0.717) is 16.5 Å². The van der Waals surface area contributed by atoms with Gasteiger partial charge in [0.2, 0.25) is 0 Å². The molecule has 4 nitrogen and oxygen atoms in total. The van der Waals surface area contributed by atoms with Gasteiger partial charge in [-0.05, 0) is 54.7 Å². The van der Waals surface area contributed by atoms with Crippen LogP contribution >= 0.6 is 12.2 Å². The van der Waals surface area contributed by atoms with Gasteiger partial charge in [0, 0.05) is 11.4 Å². The van der Waals surface area contributed by atoms with Crippen molar-refractivity contribution in [3.63, 3.8) is 0 Å². The van der Waals surface area contributed by atoms with Gasteiger partial charge in [-0.3, -0.25) is 0 Å². The molecular formula is C14H11FN2O2S. The predicted molar refractivity (Wildman–Crippen MR) is 79.6 cm³/mol. The molecule has 0 saturated carbocycles. The quantitative estimate of drug-likeness (QED) is 0.757. The van der Waals surface area contributed by atoms with Crippen LogP contribution < -0.4 is 10.6 Å². The number of hydrogen-bond donors (Lipinski definition) is 3. The lowest BCUT2D eigenvalue weighted by Gasteiger charge is -2.10. The van der Waals surface area contributed by atoms with Crippen LogP contribution in [0.15, 0.2) is 48.5 Å². The Balaban J connectivity index is 2.02. The van der Waals surface area contributed by atoms with E-state index in [1.165, 1.54) is 24.3 Å². The maximum absolute atomic E-state index is 12.8. The first-order chi connectivity index (χ1) is 9.54. The SMILES string of the molecule is O=C(O)c1cccc(NC(=S)Nc2ccc(F)cc2)c1. The summed E-state index contributed by atoms with van der Waals surface area (Å²) in [4.78, 5) is 10.9. The Kier molecular flexibility index (Phi) is 4.27. The molecule has 0 radical (unpaired) electrons. The standard InChI is InChI=1S/C14H11FN2O2S/c15-10-4-6-11(7-5-10)16-14(20)17-12-3-1-2-9(8-12)13(18)19/h1-8H,(H,18,19)(H2,16,17,20). The number of rotatable bonds is 3. The van der Waals surface area contributed by atoms with Crippen molar-refractivity contribution in [2.45, 2.75) is 0 Å². The number of carbonyl (C=O) groups is 1. The Morgan fingerprint density at radius 1 is 1.05 bits per heavy atom. The number of benzene rings is 2. The van der Waals surface area contributed by atoms with Gasteiger partial charge in [-0.15, -0.1) is 0 Å². The Labute approximate surface area is 120 Å². The molecule has 0 aliphatic rings. The van der Waals surface area contributed by atoms with Crippen molar-refractivity contribution in [1.82, 2.24) is 0 Å². The Bertz CT molecular complexity index is 644. The molecule has 2 rings (SSSR count). The van der Waals surface area contributed by atoms with E-state index in [4.69, 9.17) is 17.3 Å². The molecule has 6 heteroatoms. The van der Waals surface area contributed by atoms with Crippen molar-refractivity contribution in [3.05, 3.63) is 59.9 Å². The number of nitrogens with one attached hydrogen (secondary N) is 2. The Morgan fingerprint density at radius 3 is 2.35 bits per heavy atom. The lowest BCUT2D eigenvalue weighted by Crippen LogP contribution is -2.19. The van der Waals surface area contributed by atoms with Crippen LogP contribution in [0, 0.1) is 5.82 Å². The molecule has 3 N–H and O–H groups in total. The molecule has 0 aromatic heterocycles. The summed E-state index contributed by atoms with van der Waals surface area (Å²) in [6, 6.07) is 12.0. The lowest BCUT2D eigenvalue weighted by molar-refractivity contribution is 0.0697. The summed E-state index contributed by atoms with van der Waals surface area (Å²) in [6.45, 7) is 0. The van der Waals surface area contributed by atoms with E-state index in [1.807, 2.05) is 0 Å². The van der Waals surface area contributed by atoms with E-state index in [0.717, 1.165) is 0 Å². The summed E-state index contributed by atoms with van der Waals surface area (Å²) in [6.07, 6.45) is 0. The van der Waals surface area contributed by atoms with E-state index < -0.39 is 5.97 Å². The topological polar surface area (TPSA) is 61.4 Å². The second-order valence-electron chi connectivity index (χ2n) is 3.97. The van der Waals surface area contributed by atoms with Gasteiger partial charge >= 0.3 is 5.97 Å². The van der Waals surface area contributed by atoms with Crippen LogP contribution in [0.4, 0.5) is 15.8 Å². The number of aromatic carboxylic acids is 1. The van der Waals surface area contributed by atoms with Crippen LogP contribution in [0.25, 0.3) is 0 Å². The van der Waals surface area contributed by atoms with Gasteiger partial charge in [0.25, 0.3) is 0 Å². The van der Waals surface area contributed by atoms with Gasteiger partial charge in [0.15, 0.2) is 5.11 Å². The number of thiocarbonyl (C=S) groups is 1. The molecule has 0 amide bonds. The van der Waals surface area contributed by atoms with Crippen molar-refractivity contribution >= 4 is 34.7 Å². The molecule has 0 aliphatic carbocycles. The molecule has 2 aromatic carbocycles. The molecular weight excluding hydrogens is 279 g/mol. The molecule has 0 bridgehead atoms. The fourth-order valence-corrected chi connectivity index (χ4v) is 1.79. The zero-order valence-electron chi connectivity index (χ0n) is 10.3. The van der Waals surface area contributed by atoms with Crippen LogP contribution in [0.2, 0.25) is 0 Å². The molecule has 0 spiro atoms. The van der Waals surface area contributed by atoms with Crippen LogP contribution in [0.1, 0.15) is 10.4 Å². The fourth-order valence-electron chi connectivity index (χ4n) is 1.56. The van der Waals surface area contributed by atoms with Gasteiger partial charge in [-0.2, -0.15) is 0 Å². The zero-order valence-corrected chi connectivity index (χ0v) is 11.1. The van der Waals surface area contributed by atoms with E-state index in [9.17, 15) is 9.18 Å².